The van der Waals surface area contributed by atoms with E-state index in [1.54, 1.807) is 0 Å². The number of carbonyl (C=O) groups is 3. The zero-order chi connectivity index (χ0) is 19.7. The Kier molecular flexibility index (Phi) is 5.12. The van der Waals surface area contributed by atoms with Crippen LogP contribution in [-0.4, -0.2) is 34.8 Å². The maximum atomic E-state index is 12.7. The van der Waals surface area contributed by atoms with Gasteiger partial charge < -0.3 is 10.6 Å². The fourth-order valence-electron chi connectivity index (χ4n) is 3.58. The number of rotatable bonds is 4. The van der Waals surface area contributed by atoms with Gasteiger partial charge in [0.25, 0.3) is 5.91 Å². The molecule has 4 amide bonds. The molecule has 2 aliphatic rings. The van der Waals surface area contributed by atoms with Crippen molar-refractivity contribution in [3.63, 3.8) is 0 Å². The van der Waals surface area contributed by atoms with Crippen LogP contribution in [0, 0.1) is 0 Å². The minimum atomic E-state index is -4.50. The number of alkyl halides is 3. The summed E-state index contributed by atoms with van der Waals surface area (Å²) < 4.78 is 38.1. The van der Waals surface area contributed by atoms with E-state index in [9.17, 15) is 27.6 Å². The van der Waals surface area contributed by atoms with Gasteiger partial charge in [-0.05, 0) is 31.0 Å². The molecule has 1 heterocycles. The molecule has 1 aromatic carbocycles. The summed E-state index contributed by atoms with van der Waals surface area (Å²) in [4.78, 5) is 37.8. The van der Waals surface area contributed by atoms with Gasteiger partial charge in [0.05, 0.1) is 5.56 Å². The number of nitrogens with one attached hydrogen (secondary N) is 2. The third-order valence-corrected chi connectivity index (χ3v) is 4.99. The van der Waals surface area contributed by atoms with Crippen LogP contribution >= 0.6 is 0 Å². The maximum absolute atomic E-state index is 12.7. The summed E-state index contributed by atoms with van der Waals surface area (Å²) in [5.41, 5.74) is -1.71. The first-order valence-corrected chi connectivity index (χ1v) is 8.82. The molecule has 1 saturated heterocycles. The summed E-state index contributed by atoms with van der Waals surface area (Å²) in [6, 6.07) is 3.77. The number of hydrogen-bond acceptors (Lipinski definition) is 3. The maximum Gasteiger partial charge on any atom is 0.416 e. The molecular weight excluding hydrogens is 363 g/mol. The highest BCUT2D eigenvalue weighted by molar-refractivity contribution is 6.07. The summed E-state index contributed by atoms with van der Waals surface area (Å²) >= 11 is 0. The van der Waals surface area contributed by atoms with Crippen molar-refractivity contribution in [3.8, 4) is 0 Å². The van der Waals surface area contributed by atoms with Crippen LogP contribution in [0.2, 0.25) is 0 Å². The van der Waals surface area contributed by atoms with E-state index in [1.807, 2.05) is 0 Å². The molecule has 6 nitrogen and oxygen atoms in total. The summed E-state index contributed by atoms with van der Waals surface area (Å²) in [6.07, 6.45) is -0.786. The van der Waals surface area contributed by atoms with Gasteiger partial charge in [-0.3, -0.25) is 14.5 Å². The average Bonchev–Trinajstić information content (AvgIpc) is 2.83. The Balaban J connectivity index is 1.58. The second kappa shape index (κ2) is 7.21. The number of halogens is 3. The van der Waals surface area contributed by atoms with Crippen molar-refractivity contribution in [1.82, 2.24) is 10.2 Å². The van der Waals surface area contributed by atoms with Crippen LogP contribution < -0.4 is 10.6 Å². The number of urea groups is 1. The number of benzene rings is 1. The van der Waals surface area contributed by atoms with Crippen molar-refractivity contribution in [1.29, 1.82) is 0 Å². The quantitative estimate of drug-likeness (QED) is 0.783. The van der Waals surface area contributed by atoms with Crippen molar-refractivity contribution in [3.05, 3.63) is 29.8 Å². The van der Waals surface area contributed by atoms with Gasteiger partial charge in [-0.2, -0.15) is 13.2 Å². The molecule has 9 heteroatoms. The van der Waals surface area contributed by atoms with E-state index in [0.717, 1.165) is 36.3 Å². The van der Waals surface area contributed by atoms with Crippen LogP contribution in [0.15, 0.2) is 24.3 Å². The molecule has 27 heavy (non-hydrogen) atoms. The monoisotopic (exact) mass is 383 g/mol. The second-order valence-electron chi connectivity index (χ2n) is 6.91. The first-order valence-electron chi connectivity index (χ1n) is 8.82. The highest BCUT2D eigenvalue weighted by Crippen LogP contribution is 2.34. The summed E-state index contributed by atoms with van der Waals surface area (Å²) in [7, 11) is 0. The van der Waals surface area contributed by atoms with E-state index in [4.69, 9.17) is 0 Å². The van der Waals surface area contributed by atoms with E-state index < -0.39 is 29.2 Å². The smallest absolute Gasteiger partial charge is 0.326 e. The fraction of sp³-hybridized carbons (Fsp3) is 0.500. The molecule has 146 valence electrons. The normalized spacial score (nSPS) is 19.3. The topological polar surface area (TPSA) is 78.5 Å². The second-order valence-corrected chi connectivity index (χ2v) is 6.91. The van der Waals surface area contributed by atoms with Crippen molar-refractivity contribution < 1.29 is 27.6 Å². The number of hydrogen-bond donors (Lipinski definition) is 2. The van der Waals surface area contributed by atoms with Gasteiger partial charge in [0.1, 0.15) is 5.54 Å². The number of anilines is 1. The molecule has 0 unspecified atom stereocenters. The molecule has 1 aliphatic carbocycles. The lowest BCUT2D eigenvalue weighted by molar-refractivity contribution is -0.137. The predicted molar refractivity (Wildman–Crippen MR) is 90.8 cm³/mol. The number of amides is 4. The fourth-order valence-corrected chi connectivity index (χ4v) is 3.58. The third-order valence-electron chi connectivity index (χ3n) is 4.99. The van der Waals surface area contributed by atoms with Gasteiger partial charge in [0.15, 0.2) is 0 Å². The lowest BCUT2D eigenvalue weighted by atomic mass is 9.82. The van der Waals surface area contributed by atoms with Crippen LogP contribution in [0.4, 0.5) is 23.7 Å². The molecule has 0 atom stereocenters. The molecule has 1 aliphatic heterocycles. The van der Waals surface area contributed by atoms with Crippen LogP contribution in [0.1, 0.15) is 44.1 Å². The molecule has 1 saturated carbocycles. The van der Waals surface area contributed by atoms with Gasteiger partial charge in [0.2, 0.25) is 5.91 Å². The summed E-state index contributed by atoms with van der Waals surface area (Å²) in [6.45, 7) is -0.114. The van der Waals surface area contributed by atoms with Gasteiger partial charge in [0, 0.05) is 18.7 Å². The average molecular weight is 383 g/mol. The zero-order valence-corrected chi connectivity index (χ0v) is 14.6. The van der Waals surface area contributed by atoms with E-state index in [-0.39, 0.29) is 24.6 Å². The minimum Gasteiger partial charge on any atom is -0.326 e. The Labute approximate surface area is 154 Å². The van der Waals surface area contributed by atoms with Gasteiger partial charge in [-0.15, -0.1) is 0 Å². The van der Waals surface area contributed by atoms with E-state index >= 15 is 0 Å². The van der Waals surface area contributed by atoms with Gasteiger partial charge in [-0.1, -0.05) is 25.3 Å². The minimum absolute atomic E-state index is 0.00998. The Morgan fingerprint density at radius 2 is 1.89 bits per heavy atom. The number of imide groups is 1. The van der Waals surface area contributed by atoms with Gasteiger partial charge in [-0.25, -0.2) is 4.79 Å². The molecular formula is C18H20F3N3O3. The van der Waals surface area contributed by atoms with Crippen LogP contribution in [0.5, 0.6) is 0 Å². The lowest BCUT2D eigenvalue weighted by Gasteiger charge is -2.30. The highest BCUT2D eigenvalue weighted by Gasteiger charge is 2.51. The zero-order valence-electron chi connectivity index (χ0n) is 14.6. The van der Waals surface area contributed by atoms with E-state index in [0.29, 0.717) is 12.8 Å². The summed E-state index contributed by atoms with van der Waals surface area (Å²) in [5, 5.41) is 5.12. The number of nitrogens with zero attached hydrogens (tertiary/aromatic N) is 1. The Morgan fingerprint density at radius 1 is 1.19 bits per heavy atom. The Morgan fingerprint density at radius 3 is 2.56 bits per heavy atom. The molecule has 2 N–H and O–H groups in total. The van der Waals surface area contributed by atoms with Crippen LogP contribution in [0.25, 0.3) is 0 Å². The van der Waals surface area contributed by atoms with Crippen LogP contribution in [0.3, 0.4) is 0 Å². The highest BCUT2D eigenvalue weighted by atomic mass is 19.4. The number of carbonyl (C=O) groups excluding carboxylic acids is 3. The SMILES string of the molecule is O=C(CCN1C(=O)NC2(CCCCC2)C1=O)Nc1cccc(C(F)(F)F)c1. The summed E-state index contributed by atoms with van der Waals surface area (Å²) in [5.74, 6) is -0.890. The first-order chi connectivity index (χ1) is 12.7. The molecule has 0 bridgehead atoms. The van der Waals surface area contributed by atoms with E-state index in [2.05, 4.69) is 10.6 Å². The van der Waals surface area contributed by atoms with Gasteiger partial charge >= 0.3 is 12.2 Å². The molecule has 0 aromatic heterocycles. The molecule has 0 radical (unpaired) electrons. The Hall–Kier alpha value is -2.58. The van der Waals surface area contributed by atoms with E-state index in [1.165, 1.54) is 12.1 Å². The van der Waals surface area contributed by atoms with Crippen LogP contribution in [-0.2, 0) is 15.8 Å². The first kappa shape index (κ1) is 19.2. The largest absolute Gasteiger partial charge is 0.416 e. The van der Waals surface area contributed by atoms with Crippen molar-refractivity contribution in [2.24, 2.45) is 0 Å². The molecule has 2 fully saturated rings. The molecule has 1 aromatic rings. The van der Waals surface area contributed by atoms with Crippen molar-refractivity contribution in [2.45, 2.75) is 50.2 Å². The molecule has 1 spiro atoms. The van der Waals surface area contributed by atoms with Crippen molar-refractivity contribution >= 4 is 23.5 Å². The predicted octanol–water partition coefficient (Wildman–Crippen LogP) is 3.29. The Bertz CT molecular complexity index is 758. The lowest BCUT2D eigenvalue weighted by Crippen LogP contribution is -2.48. The third kappa shape index (κ3) is 4.06. The van der Waals surface area contributed by atoms with Crippen molar-refractivity contribution in [2.75, 3.05) is 11.9 Å². The standard InChI is InChI=1S/C18H20F3N3O3/c19-18(20,21)12-5-4-6-13(11-12)22-14(25)7-10-24-15(26)17(23-16(24)27)8-2-1-3-9-17/h4-6,11H,1-3,7-10H2,(H,22,25)(H,23,27). The molecule has 3 rings (SSSR count).